The quantitative estimate of drug-likeness (QED) is 0.922. The lowest BCUT2D eigenvalue weighted by molar-refractivity contribution is 0.745. The Morgan fingerprint density at radius 2 is 2.29 bits per heavy atom. The van der Waals surface area contributed by atoms with Gasteiger partial charge in [-0.3, -0.25) is 0 Å². The summed E-state index contributed by atoms with van der Waals surface area (Å²) >= 11 is 7.68. The minimum absolute atomic E-state index is 0.189. The number of halogens is 1. The normalized spacial score (nSPS) is 12.6. The van der Waals surface area contributed by atoms with Gasteiger partial charge in [0.15, 0.2) is 0 Å². The third-order valence-electron chi connectivity index (χ3n) is 2.37. The van der Waals surface area contributed by atoms with E-state index in [9.17, 15) is 0 Å². The highest BCUT2D eigenvalue weighted by molar-refractivity contribution is 7.11. The number of nitrogens with two attached hydrogens (primary N) is 1. The van der Waals surface area contributed by atoms with Crippen LogP contribution in [0.3, 0.4) is 0 Å². The van der Waals surface area contributed by atoms with Gasteiger partial charge in [0.1, 0.15) is 0 Å². The Labute approximate surface area is 110 Å². The number of thiazole rings is 1. The highest BCUT2D eigenvalue weighted by Gasteiger charge is 2.05. The molecule has 2 rings (SSSR count). The highest BCUT2D eigenvalue weighted by atomic mass is 35.5. The number of aromatic nitrogens is 1. The van der Waals surface area contributed by atoms with Crippen molar-refractivity contribution in [3.63, 3.8) is 0 Å². The van der Waals surface area contributed by atoms with Crippen molar-refractivity contribution in [1.82, 2.24) is 4.98 Å². The monoisotopic (exact) mass is 266 g/mol. The molecular weight excluding hydrogens is 252 g/mol. The topological polar surface area (TPSA) is 38.9 Å². The molecule has 17 heavy (non-hydrogen) atoms. The van der Waals surface area contributed by atoms with Crippen LogP contribution in [0.2, 0.25) is 5.02 Å². The van der Waals surface area contributed by atoms with Crippen LogP contribution >= 0.6 is 22.9 Å². The van der Waals surface area contributed by atoms with E-state index in [-0.39, 0.29) is 6.04 Å². The highest BCUT2D eigenvalue weighted by Crippen LogP contribution is 2.19. The van der Waals surface area contributed by atoms with Gasteiger partial charge in [-0.25, -0.2) is 4.98 Å². The van der Waals surface area contributed by atoms with Crippen LogP contribution in [0.1, 0.15) is 22.4 Å². The molecule has 2 nitrogen and oxygen atoms in total. The molecule has 0 spiro atoms. The van der Waals surface area contributed by atoms with Crippen molar-refractivity contribution in [3.05, 3.63) is 50.9 Å². The Balaban J connectivity index is 2.06. The molecule has 1 atom stereocenters. The fraction of sp³-hybridized carbons (Fsp3) is 0.308. The largest absolute Gasteiger partial charge is 0.328 e. The van der Waals surface area contributed by atoms with Crippen LogP contribution in [-0.2, 0) is 12.8 Å². The summed E-state index contributed by atoms with van der Waals surface area (Å²) in [5, 5.41) is 1.89. The van der Waals surface area contributed by atoms with Gasteiger partial charge in [-0.15, -0.1) is 11.3 Å². The molecule has 90 valence electrons. The van der Waals surface area contributed by atoms with Crippen molar-refractivity contribution in [3.8, 4) is 0 Å². The van der Waals surface area contributed by atoms with Crippen LogP contribution in [0.5, 0.6) is 0 Å². The summed E-state index contributed by atoms with van der Waals surface area (Å²) in [4.78, 5) is 5.66. The fourth-order valence-corrected chi connectivity index (χ4v) is 2.97. The molecule has 1 aromatic carbocycles. The average molecular weight is 267 g/mol. The first kappa shape index (κ1) is 12.6. The second-order valence-electron chi connectivity index (χ2n) is 4.21. The molecule has 1 heterocycles. The predicted molar refractivity (Wildman–Crippen MR) is 73.7 cm³/mol. The third-order valence-corrected chi connectivity index (χ3v) is 3.62. The van der Waals surface area contributed by atoms with Gasteiger partial charge < -0.3 is 5.73 Å². The first-order valence-electron chi connectivity index (χ1n) is 5.57. The summed E-state index contributed by atoms with van der Waals surface area (Å²) in [5.41, 5.74) is 6.96. The molecule has 0 amide bonds. The minimum atomic E-state index is 0.189. The Hall–Kier alpha value is -0.900. The summed E-state index contributed by atoms with van der Waals surface area (Å²) in [6.07, 6.45) is 3.66. The lowest BCUT2D eigenvalue weighted by Crippen LogP contribution is -2.16. The first-order chi connectivity index (χ1) is 8.13. The standard InChI is InChI=1S/C13H15ClN2S/c1-9(15)5-12-8-16-13(17-12)7-10-3-2-4-11(14)6-10/h2-4,6,8-9H,5,7,15H2,1H3. The Kier molecular flexibility index (Phi) is 4.15. The predicted octanol–water partition coefficient (Wildman–Crippen LogP) is 3.28. The van der Waals surface area contributed by atoms with E-state index < -0.39 is 0 Å². The van der Waals surface area contributed by atoms with E-state index in [1.807, 2.05) is 31.3 Å². The second kappa shape index (κ2) is 5.63. The van der Waals surface area contributed by atoms with Crippen LogP contribution in [0.25, 0.3) is 0 Å². The van der Waals surface area contributed by atoms with E-state index in [0.29, 0.717) is 0 Å². The van der Waals surface area contributed by atoms with Crippen LogP contribution in [0, 0.1) is 0 Å². The van der Waals surface area contributed by atoms with Crippen molar-refractivity contribution in [2.45, 2.75) is 25.8 Å². The Morgan fingerprint density at radius 3 is 3.00 bits per heavy atom. The van der Waals surface area contributed by atoms with Gasteiger partial charge in [0.2, 0.25) is 0 Å². The Morgan fingerprint density at radius 1 is 1.47 bits per heavy atom. The number of benzene rings is 1. The minimum Gasteiger partial charge on any atom is -0.328 e. The van der Waals surface area contributed by atoms with Crippen LogP contribution in [0.15, 0.2) is 30.5 Å². The molecule has 1 aromatic heterocycles. The van der Waals surface area contributed by atoms with Crippen LogP contribution in [-0.4, -0.2) is 11.0 Å². The first-order valence-corrected chi connectivity index (χ1v) is 6.76. The van der Waals surface area contributed by atoms with Crippen LogP contribution < -0.4 is 5.73 Å². The van der Waals surface area contributed by atoms with Gasteiger partial charge in [-0.2, -0.15) is 0 Å². The number of hydrogen-bond acceptors (Lipinski definition) is 3. The van der Waals surface area contributed by atoms with Crippen molar-refractivity contribution in [1.29, 1.82) is 0 Å². The molecule has 0 fully saturated rings. The summed E-state index contributed by atoms with van der Waals surface area (Å²) < 4.78 is 0. The maximum absolute atomic E-state index is 5.95. The summed E-state index contributed by atoms with van der Waals surface area (Å²) in [6, 6.07) is 8.09. The van der Waals surface area contributed by atoms with Crippen molar-refractivity contribution in [2.75, 3.05) is 0 Å². The molecule has 0 saturated heterocycles. The zero-order chi connectivity index (χ0) is 12.3. The van der Waals surface area contributed by atoms with E-state index in [1.54, 1.807) is 11.3 Å². The molecule has 0 radical (unpaired) electrons. The molecule has 1 unspecified atom stereocenters. The smallest absolute Gasteiger partial charge is 0.0971 e. The van der Waals surface area contributed by atoms with Crippen molar-refractivity contribution < 1.29 is 0 Å². The molecule has 2 aromatic rings. The van der Waals surface area contributed by atoms with E-state index in [1.165, 1.54) is 10.4 Å². The van der Waals surface area contributed by atoms with E-state index in [4.69, 9.17) is 17.3 Å². The lowest BCUT2D eigenvalue weighted by atomic mass is 10.2. The summed E-state index contributed by atoms with van der Waals surface area (Å²) in [5.74, 6) is 0. The molecule has 0 aliphatic heterocycles. The number of rotatable bonds is 4. The molecular formula is C13H15ClN2S. The third kappa shape index (κ3) is 3.80. The molecule has 0 aliphatic rings. The molecule has 0 saturated carbocycles. The van der Waals surface area contributed by atoms with Gasteiger partial charge in [0, 0.05) is 28.6 Å². The second-order valence-corrected chi connectivity index (χ2v) is 5.84. The molecule has 0 aliphatic carbocycles. The van der Waals surface area contributed by atoms with E-state index >= 15 is 0 Å². The average Bonchev–Trinajstić information content (AvgIpc) is 2.64. The van der Waals surface area contributed by atoms with Gasteiger partial charge in [-0.05, 0) is 31.0 Å². The van der Waals surface area contributed by atoms with E-state index in [2.05, 4.69) is 11.1 Å². The van der Waals surface area contributed by atoms with Crippen molar-refractivity contribution >= 4 is 22.9 Å². The number of nitrogens with zero attached hydrogens (tertiary/aromatic N) is 1. The summed E-state index contributed by atoms with van der Waals surface area (Å²) in [6.45, 7) is 2.01. The van der Waals surface area contributed by atoms with E-state index in [0.717, 1.165) is 22.9 Å². The van der Waals surface area contributed by atoms with Crippen molar-refractivity contribution in [2.24, 2.45) is 5.73 Å². The van der Waals surface area contributed by atoms with Gasteiger partial charge in [-0.1, -0.05) is 23.7 Å². The SMILES string of the molecule is CC(N)Cc1cnc(Cc2cccc(Cl)c2)s1. The van der Waals surface area contributed by atoms with Gasteiger partial charge >= 0.3 is 0 Å². The molecule has 4 heteroatoms. The van der Waals surface area contributed by atoms with Gasteiger partial charge in [0.25, 0.3) is 0 Å². The molecule has 0 bridgehead atoms. The maximum Gasteiger partial charge on any atom is 0.0971 e. The zero-order valence-electron chi connectivity index (χ0n) is 9.69. The number of hydrogen-bond donors (Lipinski definition) is 1. The molecule has 2 N–H and O–H groups in total. The Bertz CT molecular complexity index is 494. The summed E-state index contributed by atoms with van der Waals surface area (Å²) in [7, 11) is 0. The zero-order valence-corrected chi connectivity index (χ0v) is 11.3. The fourth-order valence-electron chi connectivity index (χ4n) is 1.66. The lowest BCUT2D eigenvalue weighted by Gasteiger charge is -2.00. The van der Waals surface area contributed by atoms with Gasteiger partial charge in [0.05, 0.1) is 5.01 Å². The maximum atomic E-state index is 5.95. The van der Waals surface area contributed by atoms with Crippen LogP contribution in [0.4, 0.5) is 0 Å².